The molecule has 6 heteroatoms. The number of para-hydroxylation sites is 1. The lowest BCUT2D eigenvalue weighted by Gasteiger charge is -2.51. The van der Waals surface area contributed by atoms with Crippen LogP contribution in [0.2, 0.25) is 0 Å². The maximum absolute atomic E-state index is 13.4. The molecule has 150 valence electrons. The zero-order chi connectivity index (χ0) is 19.9. The molecule has 0 aromatic heterocycles. The highest BCUT2D eigenvalue weighted by atomic mass is 16.5. The lowest BCUT2D eigenvalue weighted by Crippen LogP contribution is -2.72. The topological polar surface area (TPSA) is 81.6 Å². The van der Waals surface area contributed by atoms with Gasteiger partial charge in [0.1, 0.15) is 12.6 Å². The Morgan fingerprint density at radius 2 is 2.21 bits per heavy atom. The fourth-order valence-electron chi connectivity index (χ4n) is 7.61. The Labute approximate surface area is 165 Å². The molecule has 2 N–H and O–H groups in total. The molecule has 1 spiro atoms. The second-order valence-corrected chi connectivity index (χ2v) is 9.18. The molecule has 28 heavy (non-hydrogen) atoms. The number of aliphatic hydroxyl groups is 1. The third-order valence-electron chi connectivity index (χ3n) is 8.62. The number of ether oxygens (including phenoxy) is 1. The molecule has 4 aliphatic rings. The highest BCUT2D eigenvalue weighted by molar-refractivity contribution is 5.85. The summed E-state index contributed by atoms with van der Waals surface area (Å²) in [6.45, 7) is 3.02. The highest BCUT2D eigenvalue weighted by Crippen LogP contribution is 2.75. The van der Waals surface area contributed by atoms with E-state index in [-0.39, 0.29) is 0 Å². The number of methoxy groups -OCH3 is 1. The second-order valence-electron chi connectivity index (χ2n) is 9.18. The molecule has 2 unspecified atom stereocenters. The summed E-state index contributed by atoms with van der Waals surface area (Å²) in [5, 5.41) is 28.5. The monoisotopic (exact) mass is 384 g/mol. The normalized spacial score (nSPS) is 46.7. The van der Waals surface area contributed by atoms with E-state index < -0.39 is 41.1 Å². The number of hydrogen-bond acceptors (Lipinski definition) is 5. The maximum atomic E-state index is 13.4. The Bertz CT molecular complexity index is 900. The van der Waals surface area contributed by atoms with Crippen molar-refractivity contribution in [2.45, 2.75) is 36.9 Å². The number of aliphatic hydroxyl groups excluding tert-OH is 1. The van der Waals surface area contributed by atoms with Gasteiger partial charge < -0.3 is 20.3 Å². The van der Waals surface area contributed by atoms with Gasteiger partial charge in [0.25, 0.3) is 0 Å². The van der Waals surface area contributed by atoms with E-state index in [4.69, 9.17) is 4.74 Å². The van der Waals surface area contributed by atoms with Gasteiger partial charge in [-0.1, -0.05) is 24.3 Å². The van der Waals surface area contributed by atoms with Crippen LogP contribution >= 0.6 is 0 Å². The van der Waals surface area contributed by atoms with Crippen LogP contribution in [0.4, 0.5) is 5.69 Å². The number of nitrogens with zero attached hydrogens (tertiary/aromatic N) is 1. The first-order valence-electron chi connectivity index (χ1n) is 10.1. The molecular weight excluding hydrogens is 356 g/mol. The van der Waals surface area contributed by atoms with Gasteiger partial charge in [-0.25, -0.2) is 0 Å². The molecule has 1 saturated carbocycles. The molecule has 5 rings (SSSR count). The van der Waals surface area contributed by atoms with Crippen molar-refractivity contribution in [2.24, 2.45) is 11.3 Å². The first-order valence-corrected chi connectivity index (χ1v) is 10.1. The van der Waals surface area contributed by atoms with Gasteiger partial charge in [-0.3, -0.25) is 9.28 Å². The third-order valence-corrected chi connectivity index (χ3v) is 8.62. The molecule has 2 bridgehead atoms. The summed E-state index contributed by atoms with van der Waals surface area (Å²) >= 11 is 0. The Kier molecular flexibility index (Phi) is 3.49. The molecule has 1 aliphatic carbocycles. The van der Waals surface area contributed by atoms with Crippen molar-refractivity contribution in [2.75, 3.05) is 39.2 Å². The zero-order valence-electron chi connectivity index (χ0n) is 16.7. The average molecular weight is 384 g/mol. The number of carbonyl (C=O) groups excluding carboxylic acids is 1. The van der Waals surface area contributed by atoms with E-state index >= 15 is 0 Å². The number of fused-ring (bicyclic) bond motifs is 2. The Morgan fingerprint density at radius 1 is 1.46 bits per heavy atom. The van der Waals surface area contributed by atoms with Gasteiger partial charge in [0, 0.05) is 18.0 Å². The van der Waals surface area contributed by atoms with E-state index in [9.17, 15) is 15.0 Å². The van der Waals surface area contributed by atoms with Crippen molar-refractivity contribution in [3.05, 3.63) is 41.5 Å². The molecule has 1 aromatic carbocycles. The van der Waals surface area contributed by atoms with Gasteiger partial charge in [-0.05, 0) is 30.5 Å². The van der Waals surface area contributed by atoms with Crippen LogP contribution in [0.3, 0.4) is 0 Å². The Hall–Kier alpha value is -1.89. The second kappa shape index (κ2) is 5.38. The van der Waals surface area contributed by atoms with E-state index in [1.165, 1.54) is 12.7 Å². The molecule has 3 fully saturated rings. The lowest BCUT2D eigenvalue weighted by molar-refractivity contribution is -0.943. The predicted octanol–water partition coefficient (Wildman–Crippen LogP) is 0.757. The van der Waals surface area contributed by atoms with Crippen LogP contribution in [-0.4, -0.2) is 61.2 Å². The number of carbonyl (C=O) groups is 1. The summed E-state index contributed by atoms with van der Waals surface area (Å²) in [5.41, 5.74) is 0.233. The zero-order valence-corrected chi connectivity index (χ0v) is 16.7. The van der Waals surface area contributed by atoms with Crippen molar-refractivity contribution in [3.63, 3.8) is 0 Å². The van der Waals surface area contributed by atoms with Crippen molar-refractivity contribution in [1.29, 1.82) is 0 Å². The number of anilines is 1. The fourth-order valence-corrected chi connectivity index (χ4v) is 7.61. The number of esters is 1. The van der Waals surface area contributed by atoms with E-state index in [2.05, 4.69) is 18.4 Å². The van der Waals surface area contributed by atoms with Crippen LogP contribution in [0.15, 0.2) is 35.9 Å². The molecule has 3 aliphatic heterocycles. The Balaban J connectivity index is 1.92. The van der Waals surface area contributed by atoms with Gasteiger partial charge in [-0.2, -0.15) is 0 Å². The first-order chi connectivity index (χ1) is 13.4. The maximum Gasteiger partial charge on any atom is 0.312 e. The molecule has 0 amide bonds. The Morgan fingerprint density at radius 3 is 2.89 bits per heavy atom. The van der Waals surface area contributed by atoms with Gasteiger partial charge in [0.05, 0.1) is 31.5 Å². The van der Waals surface area contributed by atoms with Crippen molar-refractivity contribution in [3.8, 4) is 0 Å². The van der Waals surface area contributed by atoms with Gasteiger partial charge in [0.15, 0.2) is 0 Å². The minimum atomic E-state index is -1.30. The van der Waals surface area contributed by atoms with Crippen LogP contribution in [-0.2, 0) is 14.9 Å². The molecule has 2 saturated heterocycles. The quantitative estimate of drug-likeness (QED) is 0.447. The van der Waals surface area contributed by atoms with Gasteiger partial charge >= 0.3 is 5.97 Å². The van der Waals surface area contributed by atoms with Crippen LogP contribution in [0.5, 0.6) is 0 Å². The number of nitrogens with one attached hydrogen (secondary N) is 1. The van der Waals surface area contributed by atoms with Crippen molar-refractivity contribution >= 4 is 11.7 Å². The van der Waals surface area contributed by atoms with Crippen LogP contribution in [0, 0.1) is 11.3 Å². The summed E-state index contributed by atoms with van der Waals surface area (Å²) in [6.07, 6.45) is 2.49. The molecule has 0 radical (unpaired) electrons. The smallest absolute Gasteiger partial charge is 0.312 e. The van der Waals surface area contributed by atoms with Gasteiger partial charge in [0.2, 0.25) is 5.66 Å². The number of hydrogen-bond donors (Lipinski definition) is 2. The summed E-state index contributed by atoms with van der Waals surface area (Å²) < 4.78 is 5.87. The molecule has 1 aromatic rings. The third kappa shape index (κ3) is 1.52. The average Bonchev–Trinajstić information content (AvgIpc) is 3.20. The molecular formula is C22H28N2O4. The lowest BCUT2D eigenvalue weighted by atomic mass is 9.56. The summed E-state index contributed by atoms with van der Waals surface area (Å²) in [5.74, 6) is -0.942. The number of quaternary nitrogens is 1. The van der Waals surface area contributed by atoms with E-state index in [1.807, 2.05) is 31.2 Å². The van der Waals surface area contributed by atoms with Crippen LogP contribution in [0.25, 0.3) is 0 Å². The molecule has 6 nitrogen and oxygen atoms in total. The predicted molar refractivity (Wildman–Crippen MR) is 102 cm³/mol. The van der Waals surface area contributed by atoms with Crippen molar-refractivity contribution in [1.82, 2.24) is 0 Å². The summed E-state index contributed by atoms with van der Waals surface area (Å²) in [4.78, 5) is 13.4. The number of benzene rings is 1. The SMILES string of the molecule is C/C=C1\C[C@H]2[C@@H](O)C34Nc5ccccc5[C@@]3(CC[N+]4(C)C1)[C@]2(C[O-])C(=O)OC. The number of allylic oxidation sites excluding steroid dienone is 1. The summed E-state index contributed by atoms with van der Waals surface area (Å²) in [7, 11) is 3.52. The summed E-state index contributed by atoms with van der Waals surface area (Å²) in [6, 6.07) is 7.94. The number of likely N-dealkylation sites (N-methyl/N-ethyl adjacent to an activating group) is 1. The molecule has 3 heterocycles. The standard InChI is InChI=1S/C22H28N2O4/c1-4-14-11-16-18(26)22-21(9-10-24(22,2)12-14,20(16,13-25)19(27)28-3)15-7-5-6-8-17(15)23-22/h4-8,16,18,23,26H,9-13H2,1-3H3/b14-4+/t16-,18+,20-,21-,22?,24?/m0/s1. The molecule has 6 atom stereocenters. The van der Waals surface area contributed by atoms with E-state index in [1.54, 1.807) is 0 Å². The van der Waals surface area contributed by atoms with Crippen molar-refractivity contribution < 1.29 is 24.2 Å². The van der Waals surface area contributed by atoms with E-state index in [0.717, 1.165) is 24.3 Å². The van der Waals surface area contributed by atoms with Crippen LogP contribution < -0.4 is 10.4 Å². The van der Waals surface area contributed by atoms with Gasteiger partial charge in [-0.15, -0.1) is 6.61 Å². The first kappa shape index (κ1) is 18.2. The minimum Gasteiger partial charge on any atom is -0.854 e. The number of rotatable bonds is 2. The van der Waals surface area contributed by atoms with E-state index in [0.29, 0.717) is 17.3 Å². The minimum absolute atomic E-state index is 0.468. The van der Waals surface area contributed by atoms with Crippen LogP contribution in [0.1, 0.15) is 25.3 Å². The highest BCUT2D eigenvalue weighted by Gasteiger charge is 2.89. The fraction of sp³-hybridized carbons (Fsp3) is 0.591. The largest absolute Gasteiger partial charge is 0.854 e.